The van der Waals surface area contributed by atoms with Crippen LogP contribution in [0.5, 0.6) is 0 Å². The van der Waals surface area contributed by atoms with Crippen molar-refractivity contribution in [2.24, 2.45) is 7.05 Å². The molecule has 0 saturated heterocycles. The third kappa shape index (κ3) is 5.70. The summed E-state index contributed by atoms with van der Waals surface area (Å²) in [4.78, 5) is 24.5. The Hall–Kier alpha value is -3.13. The van der Waals surface area contributed by atoms with Gasteiger partial charge < -0.3 is 15.2 Å². The third-order valence-electron chi connectivity index (χ3n) is 4.65. The number of carbonyl (C=O) groups is 2. The molecule has 0 bridgehead atoms. The number of aryl methyl sites for hydroxylation is 2. The van der Waals surface area contributed by atoms with Crippen molar-refractivity contribution < 1.29 is 9.59 Å². The van der Waals surface area contributed by atoms with E-state index >= 15 is 0 Å². The fourth-order valence-corrected chi connectivity index (χ4v) is 3.69. The van der Waals surface area contributed by atoms with Crippen molar-refractivity contribution in [2.45, 2.75) is 32.0 Å². The van der Waals surface area contributed by atoms with Gasteiger partial charge in [-0.2, -0.15) is 0 Å². The number of amides is 2. The maximum Gasteiger partial charge on any atom is 0.234 e. The molecule has 0 fully saturated rings. The molecule has 7 nitrogen and oxygen atoms in total. The smallest absolute Gasteiger partial charge is 0.234 e. The molecule has 3 rings (SSSR count). The Morgan fingerprint density at radius 2 is 1.67 bits per heavy atom. The van der Waals surface area contributed by atoms with Gasteiger partial charge in [0.1, 0.15) is 0 Å². The van der Waals surface area contributed by atoms with Crippen LogP contribution in [0.15, 0.2) is 53.7 Å². The number of benzene rings is 2. The topological polar surface area (TPSA) is 88.9 Å². The van der Waals surface area contributed by atoms with Crippen molar-refractivity contribution in [3.8, 4) is 0 Å². The third-order valence-corrected chi connectivity index (χ3v) is 5.67. The molecule has 0 aliphatic rings. The van der Waals surface area contributed by atoms with E-state index in [2.05, 4.69) is 20.8 Å². The van der Waals surface area contributed by atoms with Crippen LogP contribution in [0.2, 0.25) is 0 Å². The highest BCUT2D eigenvalue weighted by Crippen LogP contribution is 2.21. The summed E-state index contributed by atoms with van der Waals surface area (Å²) in [6.07, 6.45) is 0.318. The number of rotatable bonds is 8. The molecule has 8 heteroatoms. The van der Waals surface area contributed by atoms with Gasteiger partial charge in [0.05, 0.1) is 18.7 Å². The van der Waals surface area contributed by atoms with Crippen LogP contribution in [-0.2, 0) is 29.6 Å². The van der Waals surface area contributed by atoms with Crippen molar-refractivity contribution >= 4 is 29.3 Å². The van der Waals surface area contributed by atoms with Gasteiger partial charge in [-0.3, -0.25) is 9.59 Å². The summed E-state index contributed by atoms with van der Waals surface area (Å²) in [6, 6.07) is 15.5. The van der Waals surface area contributed by atoms with Gasteiger partial charge in [-0.15, -0.1) is 10.2 Å². The summed E-state index contributed by atoms with van der Waals surface area (Å²) in [5.41, 5.74) is 3.86. The van der Waals surface area contributed by atoms with E-state index in [1.54, 1.807) is 4.57 Å². The Bertz CT molecular complexity index is 1010. The van der Waals surface area contributed by atoms with E-state index in [4.69, 9.17) is 0 Å². The van der Waals surface area contributed by atoms with Gasteiger partial charge in [0.15, 0.2) is 11.0 Å². The first-order valence-corrected chi connectivity index (χ1v) is 10.6. The minimum atomic E-state index is -0.0990. The van der Waals surface area contributed by atoms with Gasteiger partial charge in [-0.25, -0.2) is 0 Å². The standard InChI is InChI=1S/C22H25N5O2S/c1-15-8-7-9-16(2)21(15)24-20(29)14-30-22-26-25-18(27(22)3)13-23-19(28)12-17-10-5-4-6-11-17/h4-11H,12-14H2,1-3H3,(H,23,28)(H,24,29). The molecule has 1 heterocycles. The average Bonchev–Trinajstić information content (AvgIpc) is 3.08. The molecule has 30 heavy (non-hydrogen) atoms. The van der Waals surface area contributed by atoms with E-state index in [0.29, 0.717) is 17.4 Å². The largest absolute Gasteiger partial charge is 0.349 e. The molecule has 0 unspecified atom stereocenters. The Balaban J connectivity index is 1.50. The summed E-state index contributed by atoms with van der Waals surface area (Å²) >= 11 is 1.31. The monoisotopic (exact) mass is 423 g/mol. The lowest BCUT2D eigenvalue weighted by Gasteiger charge is -2.11. The van der Waals surface area contributed by atoms with Gasteiger partial charge in [0, 0.05) is 12.7 Å². The molecular formula is C22H25N5O2S. The highest BCUT2D eigenvalue weighted by molar-refractivity contribution is 7.99. The van der Waals surface area contributed by atoms with Crippen LogP contribution < -0.4 is 10.6 Å². The van der Waals surface area contributed by atoms with E-state index in [0.717, 1.165) is 22.4 Å². The zero-order chi connectivity index (χ0) is 21.5. The number of carbonyl (C=O) groups excluding carboxylic acids is 2. The zero-order valence-corrected chi connectivity index (χ0v) is 18.1. The van der Waals surface area contributed by atoms with E-state index in [-0.39, 0.29) is 24.1 Å². The van der Waals surface area contributed by atoms with Crippen LogP contribution in [0.4, 0.5) is 5.69 Å². The minimum Gasteiger partial charge on any atom is -0.349 e. The van der Waals surface area contributed by atoms with E-state index < -0.39 is 0 Å². The quantitative estimate of drug-likeness (QED) is 0.544. The van der Waals surface area contributed by atoms with E-state index in [9.17, 15) is 9.59 Å². The fraction of sp³-hybridized carbons (Fsp3) is 0.273. The molecule has 2 N–H and O–H groups in total. The molecule has 0 radical (unpaired) electrons. The molecule has 0 aliphatic heterocycles. The van der Waals surface area contributed by atoms with Gasteiger partial charge >= 0.3 is 0 Å². The average molecular weight is 424 g/mol. The second-order valence-electron chi connectivity index (χ2n) is 7.00. The van der Waals surface area contributed by atoms with Crippen LogP contribution in [-0.4, -0.2) is 32.3 Å². The Morgan fingerprint density at radius 3 is 2.37 bits per heavy atom. The first kappa shape index (κ1) is 21.6. The van der Waals surface area contributed by atoms with Crippen LogP contribution in [0.1, 0.15) is 22.5 Å². The first-order valence-electron chi connectivity index (χ1n) is 9.62. The SMILES string of the molecule is Cc1cccc(C)c1NC(=O)CSc1nnc(CNC(=O)Cc2ccccc2)n1C. The van der Waals surface area contributed by atoms with Crippen molar-refractivity contribution in [3.05, 3.63) is 71.0 Å². The Morgan fingerprint density at radius 1 is 0.967 bits per heavy atom. The second-order valence-corrected chi connectivity index (χ2v) is 7.94. The number of aromatic nitrogens is 3. The molecule has 1 aromatic heterocycles. The predicted octanol–water partition coefficient (Wildman–Crippen LogP) is 3.02. The molecule has 2 aromatic carbocycles. The normalized spacial score (nSPS) is 10.6. The van der Waals surface area contributed by atoms with Gasteiger partial charge in [0.2, 0.25) is 11.8 Å². The maximum atomic E-state index is 12.4. The number of nitrogens with zero attached hydrogens (tertiary/aromatic N) is 3. The summed E-state index contributed by atoms with van der Waals surface area (Å²) in [6.45, 7) is 4.22. The lowest BCUT2D eigenvalue weighted by Crippen LogP contribution is -2.26. The first-order chi connectivity index (χ1) is 14.4. The van der Waals surface area contributed by atoms with E-state index in [1.807, 2.05) is 69.4 Å². The highest BCUT2D eigenvalue weighted by Gasteiger charge is 2.13. The number of anilines is 1. The molecule has 3 aromatic rings. The molecule has 0 saturated carbocycles. The van der Waals surface area contributed by atoms with Crippen molar-refractivity contribution in [2.75, 3.05) is 11.1 Å². The lowest BCUT2D eigenvalue weighted by molar-refractivity contribution is -0.120. The second kappa shape index (κ2) is 10.1. The van der Waals surface area contributed by atoms with Gasteiger partial charge in [-0.05, 0) is 30.5 Å². The Kier molecular flexibility index (Phi) is 7.24. The van der Waals surface area contributed by atoms with Crippen molar-refractivity contribution in [1.82, 2.24) is 20.1 Å². The Labute approximate surface area is 180 Å². The van der Waals surface area contributed by atoms with Gasteiger partial charge in [0.25, 0.3) is 0 Å². The van der Waals surface area contributed by atoms with Crippen LogP contribution in [0.3, 0.4) is 0 Å². The van der Waals surface area contributed by atoms with Gasteiger partial charge in [-0.1, -0.05) is 60.3 Å². The number of nitrogens with one attached hydrogen (secondary N) is 2. The molecule has 2 amide bonds. The molecule has 0 aliphatic carbocycles. The highest BCUT2D eigenvalue weighted by atomic mass is 32.2. The number of para-hydroxylation sites is 1. The van der Waals surface area contributed by atoms with Crippen LogP contribution >= 0.6 is 11.8 Å². The maximum absolute atomic E-state index is 12.4. The number of hydrogen-bond acceptors (Lipinski definition) is 5. The molecule has 156 valence electrons. The van der Waals surface area contributed by atoms with Crippen molar-refractivity contribution in [3.63, 3.8) is 0 Å². The fourth-order valence-electron chi connectivity index (χ4n) is 2.96. The summed E-state index contributed by atoms with van der Waals surface area (Å²) in [7, 11) is 1.82. The number of thioether (sulfide) groups is 1. The molecule has 0 spiro atoms. The lowest BCUT2D eigenvalue weighted by atomic mass is 10.1. The minimum absolute atomic E-state index is 0.0774. The summed E-state index contributed by atoms with van der Waals surface area (Å²) in [5, 5.41) is 14.7. The van der Waals surface area contributed by atoms with E-state index in [1.165, 1.54) is 11.8 Å². The van der Waals surface area contributed by atoms with Crippen molar-refractivity contribution in [1.29, 1.82) is 0 Å². The number of hydrogen-bond donors (Lipinski definition) is 2. The van der Waals surface area contributed by atoms with Crippen LogP contribution in [0, 0.1) is 13.8 Å². The van der Waals surface area contributed by atoms with Crippen LogP contribution in [0.25, 0.3) is 0 Å². The predicted molar refractivity (Wildman–Crippen MR) is 118 cm³/mol. The zero-order valence-electron chi connectivity index (χ0n) is 17.3. The summed E-state index contributed by atoms with van der Waals surface area (Å²) in [5.74, 6) is 0.679. The molecule has 0 atom stereocenters. The molecular weight excluding hydrogens is 398 g/mol. The summed E-state index contributed by atoms with van der Waals surface area (Å²) < 4.78 is 1.79.